The van der Waals surface area contributed by atoms with Crippen LogP contribution in [0.5, 0.6) is 5.75 Å². The van der Waals surface area contributed by atoms with Crippen LogP contribution in [-0.4, -0.2) is 21.8 Å². The predicted octanol–water partition coefficient (Wildman–Crippen LogP) is 4.81. The zero-order valence-corrected chi connectivity index (χ0v) is 17.2. The number of aromatic nitrogens is 1. The molecule has 3 nitrogen and oxygen atoms in total. The summed E-state index contributed by atoms with van der Waals surface area (Å²) in [6, 6.07) is 29.8. The number of fused-ring (bicyclic) bond motifs is 4. The second-order valence-electron chi connectivity index (χ2n) is 8.39. The smallest absolute Gasteiger partial charge is 0.597 e. The maximum atomic E-state index is 14.3. The van der Waals surface area contributed by atoms with Crippen LogP contribution in [0.2, 0.25) is 0 Å². The van der Waals surface area contributed by atoms with Crippen LogP contribution in [0.25, 0.3) is 16.8 Å². The van der Waals surface area contributed by atoms with Crippen molar-refractivity contribution in [2.75, 3.05) is 0 Å². The summed E-state index contributed by atoms with van der Waals surface area (Å²) >= 11 is 0. The van der Waals surface area contributed by atoms with Gasteiger partial charge in [-0.2, -0.15) is 0 Å². The van der Waals surface area contributed by atoms with Crippen LogP contribution in [0.3, 0.4) is 0 Å². The van der Waals surface area contributed by atoms with Gasteiger partial charge in [0.15, 0.2) is 5.70 Å². The van der Waals surface area contributed by atoms with Crippen molar-refractivity contribution in [2.24, 2.45) is 0 Å². The Morgan fingerprint density at radius 1 is 0.812 bits per heavy atom. The number of benzene rings is 3. The molecule has 4 heterocycles. The first kappa shape index (κ1) is 17.6. The molecular weight excluding hydrogens is 398 g/mol. The van der Waals surface area contributed by atoms with Gasteiger partial charge in [0.05, 0.1) is 11.3 Å². The van der Waals surface area contributed by atoms with Gasteiger partial charge < -0.3 is 13.6 Å². The molecule has 3 aromatic carbocycles. The monoisotopic (exact) mass is 416 g/mol. The van der Waals surface area contributed by atoms with E-state index >= 15 is 0 Å². The molecule has 0 aliphatic carbocycles. The second-order valence-corrected chi connectivity index (χ2v) is 8.39. The summed E-state index contributed by atoms with van der Waals surface area (Å²) in [5, 5.41) is 0. The molecular formula is C27H18BFN2O. The molecule has 1 aromatic heterocycles. The molecule has 3 aliphatic rings. The lowest BCUT2D eigenvalue weighted by Crippen LogP contribution is -2.70. The Bertz CT molecular complexity index is 1500. The molecule has 0 saturated heterocycles. The van der Waals surface area contributed by atoms with Crippen molar-refractivity contribution in [3.05, 3.63) is 126 Å². The van der Waals surface area contributed by atoms with E-state index in [9.17, 15) is 4.39 Å². The summed E-state index contributed by atoms with van der Waals surface area (Å²) in [4.78, 5) is 0. The third-order valence-electron chi connectivity index (χ3n) is 6.74. The quantitative estimate of drug-likeness (QED) is 0.429. The van der Waals surface area contributed by atoms with Crippen LogP contribution in [0.1, 0.15) is 11.3 Å². The van der Waals surface area contributed by atoms with Gasteiger partial charge in [0.2, 0.25) is 0 Å². The second kappa shape index (κ2) is 6.20. The van der Waals surface area contributed by atoms with Gasteiger partial charge in [0.1, 0.15) is 12.0 Å². The van der Waals surface area contributed by atoms with Crippen LogP contribution in [-0.2, 0) is 0 Å². The molecule has 7 rings (SSSR count). The summed E-state index contributed by atoms with van der Waals surface area (Å²) in [7, 11) is 0. The highest BCUT2D eigenvalue weighted by Gasteiger charge is 2.56. The van der Waals surface area contributed by atoms with Gasteiger partial charge in [-0.15, -0.1) is 0 Å². The maximum absolute atomic E-state index is 14.3. The summed E-state index contributed by atoms with van der Waals surface area (Å²) in [5.74, 6) is 0.261. The minimum absolute atomic E-state index is 0.303. The van der Waals surface area contributed by atoms with Gasteiger partial charge in [0.25, 0.3) is 0 Å². The first-order chi connectivity index (χ1) is 15.8. The molecule has 0 unspecified atom stereocenters. The largest absolute Gasteiger partial charge is 0.635 e. The van der Waals surface area contributed by atoms with Crippen LogP contribution >= 0.6 is 0 Å². The van der Waals surface area contributed by atoms with Gasteiger partial charge in [-0.3, -0.25) is 0 Å². The molecule has 0 amide bonds. The van der Waals surface area contributed by atoms with E-state index in [4.69, 9.17) is 4.65 Å². The van der Waals surface area contributed by atoms with Crippen LogP contribution in [0.15, 0.2) is 109 Å². The number of nitrogens with zero attached hydrogens (tertiary/aromatic N) is 2. The van der Waals surface area contributed by atoms with E-state index in [0.717, 1.165) is 39.2 Å². The van der Waals surface area contributed by atoms with E-state index in [1.165, 1.54) is 12.1 Å². The molecule has 0 saturated carbocycles. The van der Waals surface area contributed by atoms with E-state index in [-0.39, 0.29) is 5.82 Å². The lowest BCUT2D eigenvalue weighted by molar-refractivity contribution is -0.342. The molecule has 0 N–H and O–H groups in total. The van der Waals surface area contributed by atoms with Crippen molar-refractivity contribution in [2.45, 2.75) is 0 Å². The molecule has 5 heteroatoms. The summed E-state index contributed by atoms with van der Waals surface area (Å²) < 4.78 is 25.7. The van der Waals surface area contributed by atoms with Crippen LogP contribution < -0.4 is 10.1 Å². The number of hydrogen-bond donors (Lipinski definition) is 0. The lowest BCUT2D eigenvalue weighted by atomic mass is 9.54. The first-order valence-electron chi connectivity index (χ1n) is 10.8. The molecule has 152 valence electrons. The molecule has 0 fully saturated rings. The molecule has 0 bridgehead atoms. The zero-order valence-electron chi connectivity index (χ0n) is 17.2. The molecule has 3 aliphatic heterocycles. The Morgan fingerprint density at radius 2 is 1.56 bits per heavy atom. The third-order valence-corrected chi connectivity index (χ3v) is 6.74. The van der Waals surface area contributed by atoms with Crippen molar-refractivity contribution in [1.82, 2.24) is 4.48 Å². The minimum Gasteiger partial charge on any atom is -0.635 e. The average molecular weight is 416 g/mol. The van der Waals surface area contributed by atoms with Crippen molar-refractivity contribution in [1.29, 1.82) is 0 Å². The highest BCUT2D eigenvalue weighted by atomic mass is 19.1. The van der Waals surface area contributed by atoms with Crippen LogP contribution in [0.4, 0.5) is 4.39 Å². The Kier molecular flexibility index (Phi) is 3.40. The normalized spacial score (nSPS) is 19.7. The van der Waals surface area contributed by atoms with E-state index in [0.29, 0.717) is 5.75 Å². The van der Waals surface area contributed by atoms with Gasteiger partial charge >= 0.3 is 6.62 Å². The van der Waals surface area contributed by atoms with Gasteiger partial charge in [-0.05, 0) is 29.8 Å². The van der Waals surface area contributed by atoms with Crippen LogP contribution in [0, 0.1) is 5.82 Å². The Hall–Kier alpha value is -4.12. The fraction of sp³-hybridized carbons (Fsp3) is 0. The van der Waals surface area contributed by atoms with Gasteiger partial charge in [-0.1, -0.05) is 66.1 Å². The van der Waals surface area contributed by atoms with Gasteiger partial charge in [-0.25, -0.2) is 4.39 Å². The molecule has 0 radical (unpaired) electrons. The van der Waals surface area contributed by atoms with Gasteiger partial charge in [0, 0.05) is 35.2 Å². The topological polar surface area (TPSA) is 17.2 Å². The average Bonchev–Trinajstić information content (AvgIpc) is 3.50. The predicted molar refractivity (Wildman–Crippen MR) is 126 cm³/mol. The number of allylic oxidation sites excluding steroid dienone is 2. The summed E-state index contributed by atoms with van der Waals surface area (Å²) in [6.45, 7) is -1.91. The first-order valence-corrected chi connectivity index (χ1v) is 10.8. The molecule has 1 atom stereocenters. The Morgan fingerprint density at radius 3 is 2.38 bits per heavy atom. The fourth-order valence-electron chi connectivity index (χ4n) is 5.49. The summed E-state index contributed by atoms with van der Waals surface area (Å²) in [6.07, 6.45) is 6.26. The van der Waals surface area contributed by atoms with Crippen molar-refractivity contribution in [3.8, 4) is 17.0 Å². The van der Waals surface area contributed by atoms with E-state index in [1.807, 2.05) is 30.3 Å². The number of halogens is 1. The molecule has 0 spiro atoms. The number of hydrogen-bond acceptors (Lipinski definition) is 1. The lowest BCUT2D eigenvalue weighted by Gasteiger charge is -2.47. The van der Waals surface area contributed by atoms with Crippen molar-refractivity contribution < 1.29 is 13.5 Å². The number of rotatable bonds is 2. The zero-order chi connectivity index (χ0) is 21.3. The van der Waals surface area contributed by atoms with Crippen molar-refractivity contribution >= 4 is 23.9 Å². The third kappa shape index (κ3) is 2.12. The van der Waals surface area contributed by atoms with E-state index in [2.05, 4.69) is 75.9 Å². The highest BCUT2D eigenvalue weighted by Crippen LogP contribution is 2.46. The Labute approximate surface area is 185 Å². The maximum Gasteiger partial charge on any atom is 0.597 e. The fourth-order valence-corrected chi connectivity index (χ4v) is 5.49. The highest BCUT2D eigenvalue weighted by molar-refractivity contribution is 6.80. The van der Waals surface area contributed by atoms with Crippen molar-refractivity contribution in [3.63, 3.8) is 0 Å². The molecule has 4 aromatic rings. The van der Waals surface area contributed by atoms with E-state index < -0.39 is 6.62 Å². The summed E-state index contributed by atoms with van der Waals surface area (Å²) in [5.41, 5.74) is 7.44. The standard InChI is InChI=1S/C27H18BFN2O/c29-21-13-14-22-23-15-16-25-27(19-8-3-1-4-9-19)24-12-7-17-30(24)28(31(23)25,32-26(22)18-21)20-10-5-2-6-11-20/h1-18H/t28-/m0/s1. The Balaban J connectivity index is 1.63. The SMILES string of the molecule is Fc1ccc2c(c1)O[B@-]1(c3ccccc3)n3c(ccc3-2)C(c2ccccc2)=C2C=CC=[N+]21. The molecule has 32 heavy (non-hydrogen) atoms. The van der Waals surface area contributed by atoms with E-state index in [1.54, 1.807) is 0 Å². The minimum atomic E-state index is -1.91.